The van der Waals surface area contributed by atoms with Crippen LogP contribution in [0.2, 0.25) is 0 Å². The van der Waals surface area contributed by atoms with Gasteiger partial charge in [-0.25, -0.2) is 0 Å². The summed E-state index contributed by atoms with van der Waals surface area (Å²) in [5.41, 5.74) is 0. The molecule has 1 heterocycles. The number of hydrogen-bond donors (Lipinski definition) is 2. The van der Waals surface area contributed by atoms with Crippen molar-refractivity contribution in [2.24, 2.45) is 11.8 Å². The second kappa shape index (κ2) is 5.57. The van der Waals surface area contributed by atoms with Crippen LogP contribution >= 0.6 is 12.4 Å². The van der Waals surface area contributed by atoms with E-state index in [0.29, 0.717) is 6.04 Å². The summed E-state index contributed by atoms with van der Waals surface area (Å²) in [5.74, 6) is 1.96. The average molecular weight is 259 g/mol. The number of carbonyl (C=O) groups excluding carboxylic acids is 1. The van der Waals surface area contributed by atoms with Gasteiger partial charge in [0.05, 0.1) is 6.04 Å². The lowest BCUT2D eigenvalue weighted by Gasteiger charge is -2.28. The maximum absolute atomic E-state index is 12.1. The third-order valence-electron chi connectivity index (χ3n) is 4.69. The van der Waals surface area contributed by atoms with E-state index in [1.807, 2.05) is 0 Å². The van der Waals surface area contributed by atoms with Crippen molar-refractivity contribution >= 4 is 18.3 Å². The molecular formula is C13H23ClN2O. The van der Waals surface area contributed by atoms with Crippen LogP contribution in [0.5, 0.6) is 0 Å². The molecular weight excluding hydrogens is 236 g/mol. The third-order valence-corrected chi connectivity index (χ3v) is 4.69. The van der Waals surface area contributed by atoms with Gasteiger partial charge in [-0.05, 0) is 50.5 Å². The van der Waals surface area contributed by atoms with Crippen LogP contribution in [0.25, 0.3) is 0 Å². The fourth-order valence-corrected chi connectivity index (χ4v) is 3.78. The largest absolute Gasteiger partial charge is 0.352 e. The summed E-state index contributed by atoms with van der Waals surface area (Å²) in [7, 11) is 0. The highest BCUT2D eigenvalue weighted by molar-refractivity contribution is 5.85. The number of nitrogens with one attached hydrogen (secondary N) is 2. The molecule has 3 fully saturated rings. The molecule has 1 aliphatic heterocycles. The molecule has 2 aliphatic carbocycles. The number of piperidine rings is 1. The van der Waals surface area contributed by atoms with Crippen molar-refractivity contribution in [2.45, 2.75) is 57.0 Å². The van der Waals surface area contributed by atoms with Crippen molar-refractivity contribution in [3.8, 4) is 0 Å². The fraction of sp³-hybridized carbons (Fsp3) is 0.923. The summed E-state index contributed by atoms with van der Waals surface area (Å²) in [6.45, 7) is 1.01. The van der Waals surface area contributed by atoms with Crippen LogP contribution in [0.3, 0.4) is 0 Å². The summed E-state index contributed by atoms with van der Waals surface area (Å²) in [6.07, 6.45) is 8.78. The van der Waals surface area contributed by atoms with Gasteiger partial charge in [0.2, 0.25) is 5.91 Å². The Morgan fingerprint density at radius 2 is 2.00 bits per heavy atom. The van der Waals surface area contributed by atoms with E-state index in [-0.39, 0.29) is 24.4 Å². The molecule has 0 aromatic carbocycles. The first kappa shape index (κ1) is 13.2. The van der Waals surface area contributed by atoms with E-state index >= 15 is 0 Å². The zero-order chi connectivity index (χ0) is 11.0. The number of fused-ring (bicyclic) bond motifs is 2. The Kier molecular flexibility index (Phi) is 4.31. The lowest BCUT2D eigenvalue weighted by Crippen LogP contribution is -2.50. The van der Waals surface area contributed by atoms with E-state index in [2.05, 4.69) is 10.6 Å². The van der Waals surface area contributed by atoms with Crippen molar-refractivity contribution in [3.05, 3.63) is 0 Å². The number of carbonyl (C=O) groups is 1. The summed E-state index contributed by atoms with van der Waals surface area (Å²) in [5, 5.41) is 6.60. The smallest absolute Gasteiger partial charge is 0.237 e. The molecule has 2 N–H and O–H groups in total. The second-order valence-electron chi connectivity index (χ2n) is 5.79. The van der Waals surface area contributed by atoms with E-state index in [9.17, 15) is 4.79 Å². The molecule has 17 heavy (non-hydrogen) atoms. The Labute approximate surface area is 110 Å². The SMILES string of the molecule is Cl.O=C(NC1CC2CCC1C2)C1CCCCN1. The molecule has 1 saturated heterocycles. The van der Waals surface area contributed by atoms with Crippen molar-refractivity contribution in [1.82, 2.24) is 10.6 Å². The van der Waals surface area contributed by atoms with Crippen molar-refractivity contribution < 1.29 is 4.79 Å². The lowest BCUT2D eigenvalue weighted by atomic mass is 9.94. The zero-order valence-corrected chi connectivity index (χ0v) is 11.1. The molecule has 3 aliphatic rings. The van der Waals surface area contributed by atoms with E-state index in [0.717, 1.165) is 24.8 Å². The van der Waals surface area contributed by atoms with Gasteiger partial charge < -0.3 is 10.6 Å². The first-order valence-electron chi connectivity index (χ1n) is 6.86. The van der Waals surface area contributed by atoms with Crippen LogP contribution < -0.4 is 10.6 Å². The van der Waals surface area contributed by atoms with Gasteiger partial charge in [-0.3, -0.25) is 4.79 Å². The van der Waals surface area contributed by atoms with Gasteiger partial charge in [-0.15, -0.1) is 12.4 Å². The Morgan fingerprint density at radius 1 is 1.12 bits per heavy atom. The lowest BCUT2D eigenvalue weighted by molar-refractivity contribution is -0.124. The molecule has 1 amide bonds. The number of hydrogen-bond acceptors (Lipinski definition) is 2. The van der Waals surface area contributed by atoms with Crippen molar-refractivity contribution in [2.75, 3.05) is 6.54 Å². The predicted octanol–water partition coefficient (Wildman–Crippen LogP) is 1.86. The first-order valence-corrected chi connectivity index (χ1v) is 6.86. The summed E-state index contributed by atoms with van der Waals surface area (Å²) >= 11 is 0. The first-order chi connectivity index (χ1) is 7.83. The van der Waals surface area contributed by atoms with Crippen LogP contribution in [0.4, 0.5) is 0 Å². The van der Waals surface area contributed by atoms with Gasteiger partial charge in [-0.1, -0.05) is 12.8 Å². The standard InChI is InChI=1S/C13H22N2O.ClH/c16-13(11-3-1-2-6-14-11)15-12-8-9-4-5-10(12)7-9;/h9-12,14H,1-8H2,(H,15,16);1H. The van der Waals surface area contributed by atoms with Crippen LogP contribution in [-0.4, -0.2) is 24.5 Å². The molecule has 0 spiro atoms. The highest BCUT2D eigenvalue weighted by Crippen LogP contribution is 2.44. The maximum Gasteiger partial charge on any atom is 0.237 e. The molecule has 3 nitrogen and oxygen atoms in total. The van der Waals surface area contributed by atoms with Crippen molar-refractivity contribution in [3.63, 3.8) is 0 Å². The molecule has 4 unspecified atom stereocenters. The minimum Gasteiger partial charge on any atom is -0.352 e. The normalized spacial score (nSPS) is 39.8. The molecule has 0 aromatic heterocycles. The molecule has 0 radical (unpaired) electrons. The minimum absolute atomic E-state index is 0. The van der Waals surface area contributed by atoms with Gasteiger partial charge in [0.15, 0.2) is 0 Å². The van der Waals surface area contributed by atoms with E-state index < -0.39 is 0 Å². The van der Waals surface area contributed by atoms with Gasteiger partial charge in [0.1, 0.15) is 0 Å². The maximum atomic E-state index is 12.1. The number of halogens is 1. The highest BCUT2D eigenvalue weighted by Gasteiger charge is 2.40. The van der Waals surface area contributed by atoms with Gasteiger partial charge >= 0.3 is 0 Å². The minimum atomic E-state index is 0. The van der Waals surface area contributed by atoms with Crippen LogP contribution in [0.15, 0.2) is 0 Å². The monoisotopic (exact) mass is 258 g/mol. The summed E-state index contributed by atoms with van der Waals surface area (Å²) in [6, 6.07) is 0.586. The van der Waals surface area contributed by atoms with Gasteiger partial charge in [-0.2, -0.15) is 0 Å². The molecule has 98 valence electrons. The topological polar surface area (TPSA) is 41.1 Å². The number of amides is 1. The Bertz CT molecular complexity index is 279. The van der Waals surface area contributed by atoms with Crippen molar-refractivity contribution in [1.29, 1.82) is 0 Å². The molecule has 2 bridgehead atoms. The molecule has 2 saturated carbocycles. The molecule has 0 aromatic rings. The highest BCUT2D eigenvalue weighted by atomic mass is 35.5. The molecule has 3 rings (SSSR count). The van der Waals surface area contributed by atoms with E-state index in [1.165, 1.54) is 38.5 Å². The average Bonchev–Trinajstić information content (AvgIpc) is 2.92. The van der Waals surface area contributed by atoms with Gasteiger partial charge in [0, 0.05) is 6.04 Å². The predicted molar refractivity (Wildman–Crippen MR) is 70.3 cm³/mol. The Morgan fingerprint density at radius 3 is 2.59 bits per heavy atom. The fourth-order valence-electron chi connectivity index (χ4n) is 3.78. The van der Waals surface area contributed by atoms with Crippen LogP contribution in [-0.2, 0) is 4.79 Å². The van der Waals surface area contributed by atoms with Crippen LogP contribution in [0, 0.1) is 11.8 Å². The Balaban J connectivity index is 0.00000108. The number of rotatable bonds is 2. The molecule has 4 atom stereocenters. The summed E-state index contributed by atoms with van der Waals surface area (Å²) in [4.78, 5) is 12.1. The molecule has 4 heteroatoms. The van der Waals surface area contributed by atoms with Crippen LogP contribution in [0.1, 0.15) is 44.9 Å². The zero-order valence-electron chi connectivity index (χ0n) is 10.3. The quantitative estimate of drug-likeness (QED) is 0.794. The van der Waals surface area contributed by atoms with E-state index in [1.54, 1.807) is 0 Å². The third kappa shape index (κ3) is 2.76. The summed E-state index contributed by atoms with van der Waals surface area (Å²) < 4.78 is 0. The van der Waals surface area contributed by atoms with E-state index in [4.69, 9.17) is 0 Å². The van der Waals surface area contributed by atoms with Gasteiger partial charge in [0.25, 0.3) is 0 Å². The second-order valence-corrected chi connectivity index (χ2v) is 5.79. The Hall–Kier alpha value is -0.280.